The van der Waals surface area contributed by atoms with Gasteiger partial charge in [-0.25, -0.2) is 0 Å². The summed E-state index contributed by atoms with van der Waals surface area (Å²) in [6.07, 6.45) is 3.71. The van der Waals surface area contributed by atoms with Crippen LogP contribution in [0.2, 0.25) is 0 Å². The van der Waals surface area contributed by atoms with Crippen molar-refractivity contribution in [2.24, 2.45) is 0 Å². The second kappa shape index (κ2) is 9.87. The molecule has 0 bridgehead atoms. The zero-order valence-corrected chi connectivity index (χ0v) is 25.4. The standard InChI is InChI=1S/C43H28N4/c1-3-14-29(15-4-1)43(30-16-5-2-6-17-30)34-20-8-9-21-36(34)46-41-35(43)24-23-32-31-18-7-10-22-37(31)47(42(32)41)38-27-28-13-11-25-44-39(28)40-33(38)19-12-26-45-40/h1-27,46H. The fourth-order valence-electron chi connectivity index (χ4n) is 8.05. The Hall–Kier alpha value is -6.26. The minimum absolute atomic E-state index is 0.550. The predicted molar refractivity (Wildman–Crippen MR) is 193 cm³/mol. The molecule has 4 heteroatoms. The lowest BCUT2D eigenvalue weighted by molar-refractivity contribution is 0.741. The Morgan fingerprint density at radius 1 is 0.511 bits per heavy atom. The SMILES string of the molecule is c1ccc(C2(c3ccccc3)c3ccccc3Nc3c2ccc2c4ccccc4n(-c4cc5cccnc5c5ncccc45)c32)cc1. The first-order valence-corrected chi connectivity index (χ1v) is 16.0. The highest BCUT2D eigenvalue weighted by atomic mass is 15.0. The molecule has 0 unspecified atom stereocenters. The molecule has 6 aromatic carbocycles. The number of anilines is 2. The summed E-state index contributed by atoms with van der Waals surface area (Å²) in [7, 11) is 0. The number of benzene rings is 6. The fourth-order valence-corrected chi connectivity index (χ4v) is 8.05. The number of fused-ring (bicyclic) bond motifs is 9. The van der Waals surface area contributed by atoms with Gasteiger partial charge in [-0.1, -0.05) is 115 Å². The third-order valence-electron chi connectivity index (χ3n) is 9.93. The van der Waals surface area contributed by atoms with Crippen molar-refractivity contribution in [3.8, 4) is 5.69 Å². The van der Waals surface area contributed by atoms with Crippen LogP contribution in [0.3, 0.4) is 0 Å². The number of hydrogen-bond acceptors (Lipinski definition) is 3. The van der Waals surface area contributed by atoms with Gasteiger partial charge in [0.15, 0.2) is 0 Å². The van der Waals surface area contributed by atoms with Gasteiger partial charge in [0.1, 0.15) is 0 Å². The minimum atomic E-state index is -0.550. The van der Waals surface area contributed by atoms with E-state index in [0.717, 1.165) is 49.9 Å². The van der Waals surface area contributed by atoms with Crippen LogP contribution >= 0.6 is 0 Å². The highest BCUT2D eigenvalue weighted by Gasteiger charge is 2.45. The summed E-state index contributed by atoms with van der Waals surface area (Å²) in [5.74, 6) is 0. The van der Waals surface area contributed by atoms with E-state index in [1.54, 1.807) is 0 Å². The summed E-state index contributed by atoms with van der Waals surface area (Å²) in [5, 5.41) is 8.52. The normalized spacial score (nSPS) is 13.4. The maximum absolute atomic E-state index is 4.87. The van der Waals surface area contributed by atoms with Crippen molar-refractivity contribution in [3.63, 3.8) is 0 Å². The quantitative estimate of drug-likeness (QED) is 0.205. The molecule has 1 aliphatic heterocycles. The molecule has 9 aromatic rings. The zero-order valence-electron chi connectivity index (χ0n) is 25.4. The summed E-state index contributed by atoms with van der Waals surface area (Å²) in [5.41, 5.74) is 11.8. The van der Waals surface area contributed by atoms with Gasteiger partial charge in [0.2, 0.25) is 0 Å². The van der Waals surface area contributed by atoms with Gasteiger partial charge in [0, 0.05) is 39.6 Å². The van der Waals surface area contributed by atoms with E-state index in [0.29, 0.717) is 0 Å². The van der Waals surface area contributed by atoms with Crippen LogP contribution in [0.4, 0.5) is 11.4 Å². The van der Waals surface area contributed by atoms with Gasteiger partial charge in [-0.05, 0) is 58.7 Å². The zero-order chi connectivity index (χ0) is 31.0. The Labute approximate surface area is 271 Å². The molecule has 0 radical (unpaired) electrons. The predicted octanol–water partition coefficient (Wildman–Crippen LogP) is 10.3. The molecule has 0 fully saturated rings. The molecule has 4 heterocycles. The Bertz CT molecular complexity index is 2620. The van der Waals surface area contributed by atoms with E-state index in [4.69, 9.17) is 9.97 Å². The van der Waals surface area contributed by atoms with E-state index in [9.17, 15) is 0 Å². The van der Waals surface area contributed by atoms with Gasteiger partial charge in [0.05, 0.1) is 38.9 Å². The first-order chi connectivity index (χ1) is 23.3. The van der Waals surface area contributed by atoms with Crippen molar-refractivity contribution in [2.75, 3.05) is 5.32 Å². The maximum Gasteiger partial charge on any atom is 0.0985 e. The summed E-state index contributed by atoms with van der Waals surface area (Å²) >= 11 is 0. The van der Waals surface area contributed by atoms with Crippen LogP contribution in [0.15, 0.2) is 164 Å². The monoisotopic (exact) mass is 600 g/mol. The third kappa shape index (κ3) is 3.52. The van der Waals surface area contributed by atoms with Crippen LogP contribution in [0, 0.1) is 0 Å². The van der Waals surface area contributed by atoms with Crippen molar-refractivity contribution < 1.29 is 0 Å². The van der Waals surface area contributed by atoms with Crippen molar-refractivity contribution in [3.05, 3.63) is 186 Å². The van der Waals surface area contributed by atoms with Crippen molar-refractivity contribution in [1.29, 1.82) is 0 Å². The average molecular weight is 601 g/mol. The average Bonchev–Trinajstić information content (AvgIpc) is 3.49. The Morgan fingerprint density at radius 2 is 1.17 bits per heavy atom. The Morgan fingerprint density at radius 3 is 1.98 bits per heavy atom. The Kier molecular flexibility index (Phi) is 5.46. The highest BCUT2D eigenvalue weighted by Crippen LogP contribution is 2.56. The number of nitrogens with one attached hydrogen (secondary N) is 1. The lowest BCUT2D eigenvalue weighted by atomic mass is 9.62. The molecule has 1 aliphatic rings. The van der Waals surface area contributed by atoms with E-state index in [1.165, 1.54) is 33.0 Å². The Balaban J connectivity index is 1.42. The van der Waals surface area contributed by atoms with Crippen molar-refractivity contribution in [1.82, 2.24) is 14.5 Å². The summed E-state index contributed by atoms with van der Waals surface area (Å²) < 4.78 is 2.45. The van der Waals surface area contributed by atoms with Crippen LogP contribution in [-0.2, 0) is 5.41 Å². The number of nitrogens with zero attached hydrogens (tertiary/aromatic N) is 3. The van der Waals surface area contributed by atoms with Gasteiger partial charge in [-0.3, -0.25) is 9.97 Å². The first-order valence-electron chi connectivity index (χ1n) is 16.0. The molecule has 47 heavy (non-hydrogen) atoms. The number of hydrogen-bond donors (Lipinski definition) is 1. The van der Waals surface area contributed by atoms with Crippen molar-refractivity contribution >= 4 is 55.0 Å². The van der Waals surface area contributed by atoms with E-state index >= 15 is 0 Å². The summed E-state index contributed by atoms with van der Waals surface area (Å²) in [4.78, 5) is 9.62. The molecule has 220 valence electrons. The molecule has 3 aromatic heterocycles. The smallest absolute Gasteiger partial charge is 0.0985 e. The number of pyridine rings is 2. The molecule has 0 atom stereocenters. The number of rotatable bonds is 3. The van der Waals surface area contributed by atoms with E-state index in [2.05, 4.69) is 149 Å². The van der Waals surface area contributed by atoms with Gasteiger partial charge in [-0.15, -0.1) is 0 Å². The third-order valence-corrected chi connectivity index (χ3v) is 9.93. The van der Waals surface area contributed by atoms with Gasteiger partial charge >= 0.3 is 0 Å². The first kappa shape index (κ1) is 26.0. The lowest BCUT2D eigenvalue weighted by Crippen LogP contribution is -2.35. The van der Waals surface area contributed by atoms with Gasteiger partial charge in [0.25, 0.3) is 0 Å². The second-order valence-electron chi connectivity index (χ2n) is 12.3. The summed E-state index contributed by atoms with van der Waals surface area (Å²) in [6, 6.07) is 54.7. The molecular formula is C43H28N4. The van der Waals surface area contributed by atoms with E-state index in [1.807, 2.05) is 24.5 Å². The van der Waals surface area contributed by atoms with E-state index in [-0.39, 0.29) is 0 Å². The number of aromatic nitrogens is 3. The van der Waals surface area contributed by atoms with Crippen molar-refractivity contribution in [2.45, 2.75) is 5.41 Å². The minimum Gasteiger partial charge on any atom is -0.353 e. The van der Waals surface area contributed by atoms with Crippen LogP contribution in [-0.4, -0.2) is 14.5 Å². The topological polar surface area (TPSA) is 42.7 Å². The fraction of sp³-hybridized carbons (Fsp3) is 0.0233. The molecule has 0 saturated heterocycles. The molecule has 10 rings (SSSR count). The molecule has 4 nitrogen and oxygen atoms in total. The second-order valence-corrected chi connectivity index (χ2v) is 12.3. The van der Waals surface area contributed by atoms with Crippen LogP contribution < -0.4 is 5.32 Å². The highest BCUT2D eigenvalue weighted by molar-refractivity contribution is 6.17. The molecule has 1 N–H and O–H groups in total. The molecule has 0 spiro atoms. The molecule has 0 saturated carbocycles. The van der Waals surface area contributed by atoms with Crippen LogP contribution in [0.25, 0.3) is 49.3 Å². The summed E-state index contributed by atoms with van der Waals surface area (Å²) in [6.45, 7) is 0. The van der Waals surface area contributed by atoms with Crippen LogP contribution in [0.1, 0.15) is 22.3 Å². The molecule has 0 amide bonds. The lowest BCUT2D eigenvalue weighted by Gasteiger charge is -2.42. The van der Waals surface area contributed by atoms with Gasteiger partial charge < -0.3 is 9.88 Å². The van der Waals surface area contributed by atoms with E-state index < -0.39 is 5.41 Å². The number of para-hydroxylation sites is 2. The largest absolute Gasteiger partial charge is 0.353 e. The molecular weight excluding hydrogens is 573 g/mol. The molecule has 0 aliphatic carbocycles. The maximum atomic E-state index is 4.87. The van der Waals surface area contributed by atoms with Gasteiger partial charge in [-0.2, -0.15) is 0 Å². The van der Waals surface area contributed by atoms with Crippen LogP contribution in [0.5, 0.6) is 0 Å².